The van der Waals surface area contributed by atoms with E-state index in [2.05, 4.69) is 10.6 Å². The molecule has 0 aromatic heterocycles. The van der Waals surface area contributed by atoms with Crippen LogP contribution in [0.4, 0.5) is 5.69 Å². The maximum Gasteiger partial charge on any atom is 0.265 e. The number of hydrogen-bond donors (Lipinski definition) is 2. The van der Waals surface area contributed by atoms with Gasteiger partial charge in [-0.1, -0.05) is 29.8 Å². The Bertz CT molecular complexity index is 709. The van der Waals surface area contributed by atoms with Gasteiger partial charge in [0, 0.05) is 19.2 Å². The van der Waals surface area contributed by atoms with Crippen LogP contribution in [0.25, 0.3) is 0 Å². The monoisotopic (exact) mass is 340 g/mol. The third-order valence-corrected chi connectivity index (χ3v) is 3.84. The summed E-state index contributed by atoms with van der Waals surface area (Å²) >= 11 is 0. The molecule has 0 saturated carbocycles. The van der Waals surface area contributed by atoms with Gasteiger partial charge in [0.25, 0.3) is 5.91 Å². The first kappa shape index (κ1) is 18.5. The average molecular weight is 340 g/mol. The van der Waals surface area contributed by atoms with Crippen molar-refractivity contribution in [2.45, 2.75) is 32.8 Å². The number of anilines is 1. The van der Waals surface area contributed by atoms with Crippen LogP contribution in [-0.4, -0.2) is 25.0 Å². The molecule has 0 heterocycles. The van der Waals surface area contributed by atoms with Gasteiger partial charge in [0.15, 0.2) is 6.10 Å². The number of carbonyl (C=O) groups excluding carboxylic acids is 2. The van der Waals surface area contributed by atoms with Crippen LogP contribution < -0.4 is 15.4 Å². The first-order chi connectivity index (χ1) is 12.0. The molecule has 5 heteroatoms. The first-order valence-electron chi connectivity index (χ1n) is 8.31. The lowest BCUT2D eigenvalue weighted by Crippen LogP contribution is -2.30. The van der Waals surface area contributed by atoms with Gasteiger partial charge in [0.05, 0.1) is 0 Å². The normalized spacial score (nSPS) is 11.5. The maximum absolute atomic E-state index is 12.2. The SMILES string of the molecule is CNC(=O)CCc1ccc(NC(=O)C(C)Oc2ccc(C)cc2)cc1. The number of ether oxygens (including phenoxy) is 1. The lowest BCUT2D eigenvalue weighted by atomic mass is 10.1. The topological polar surface area (TPSA) is 67.4 Å². The Morgan fingerprint density at radius 3 is 2.28 bits per heavy atom. The highest BCUT2D eigenvalue weighted by atomic mass is 16.5. The average Bonchev–Trinajstić information content (AvgIpc) is 2.62. The van der Waals surface area contributed by atoms with E-state index in [0.717, 1.165) is 11.1 Å². The third kappa shape index (κ3) is 5.95. The molecule has 1 unspecified atom stereocenters. The van der Waals surface area contributed by atoms with E-state index in [-0.39, 0.29) is 11.8 Å². The summed E-state index contributed by atoms with van der Waals surface area (Å²) in [5, 5.41) is 5.43. The summed E-state index contributed by atoms with van der Waals surface area (Å²) in [6.45, 7) is 3.71. The van der Waals surface area contributed by atoms with Gasteiger partial charge in [0.1, 0.15) is 5.75 Å². The van der Waals surface area contributed by atoms with Crippen molar-refractivity contribution in [1.82, 2.24) is 5.32 Å². The predicted molar refractivity (Wildman–Crippen MR) is 98.7 cm³/mol. The van der Waals surface area contributed by atoms with Gasteiger partial charge < -0.3 is 15.4 Å². The lowest BCUT2D eigenvalue weighted by molar-refractivity contribution is -0.122. The Hall–Kier alpha value is -2.82. The van der Waals surface area contributed by atoms with Crippen molar-refractivity contribution in [2.75, 3.05) is 12.4 Å². The largest absolute Gasteiger partial charge is 0.481 e. The summed E-state index contributed by atoms with van der Waals surface area (Å²) in [6.07, 6.45) is 0.514. The molecule has 5 nitrogen and oxygen atoms in total. The van der Waals surface area contributed by atoms with E-state index < -0.39 is 6.10 Å². The van der Waals surface area contributed by atoms with Crippen LogP contribution in [0.15, 0.2) is 48.5 Å². The van der Waals surface area contributed by atoms with Crippen LogP contribution in [0, 0.1) is 6.92 Å². The number of amides is 2. The van der Waals surface area contributed by atoms with Crippen molar-refractivity contribution in [2.24, 2.45) is 0 Å². The summed E-state index contributed by atoms with van der Waals surface area (Å²) in [7, 11) is 1.63. The molecule has 2 rings (SSSR count). The van der Waals surface area contributed by atoms with Crippen molar-refractivity contribution >= 4 is 17.5 Å². The predicted octanol–water partition coefficient (Wildman–Crippen LogP) is 3.08. The maximum atomic E-state index is 12.2. The van der Waals surface area contributed by atoms with E-state index in [4.69, 9.17) is 4.74 Å². The zero-order valence-corrected chi connectivity index (χ0v) is 14.8. The van der Waals surface area contributed by atoms with Crippen LogP contribution in [-0.2, 0) is 16.0 Å². The van der Waals surface area contributed by atoms with Gasteiger partial charge in [-0.15, -0.1) is 0 Å². The molecule has 0 aliphatic heterocycles. The number of hydrogen-bond acceptors (Lipinski definition) is 3. The molecule has 2 aromatic carbocycles. The fourth-order valence-corrected chi connectivity index (χ4v) is 2.26. The second-order valence-electron chi connectivity index (χ2n) is 5.93. The summed E-state index contributed by atoms with van der Waals surface area (Å²) in [4.78, 5) is 23.5. The van der Waals surface area contributed by atoms with E-state index in [1.807, 2.05) is 55.5 Å². The minimum Gasteiger partial charge on any atom is -0.481 e. The van der Waals surface area contributed by atoms with Crippen LogP contribution in [0.5, 0.6) is 5.75 Å². The van der Waals surface area contributed by atoms with Crippen LogP contribution in [0.3, 0.4) is 0 Å². The Kier molecular flexibility index (Phi) is 6.57. The second kappa shape index (κ2) is 8.87. The van der Waals surface area contributed by atoms with Gasteiger partial charge in [0.2, 0.25) is 5.91 Å². The van der Waals surface area contributed by atoms with E-state index >= 15 is 0 Å². The van der Waals surface area contributed by atoms with Crippen molar-refractivity contribution in [3.05, 3.63) is 59.7 Å². The first-order valence-corrected chi connectivity index (χ1v) is 8.31. The number of rotatable bonds is 7. The second-order valence-corrected chi connectivity index (χ2v) is 5.93. The van der Waals surface area contributed by atoms with Gasteiger partial charge in [-0.2, -0.15) is 0 Å². The molecule has 25 heavy (non-hydrogen) atoms. The number of nitrogens with one attached hydrogen (secondary N) is 2. The molecule has 0 fully saturated rings. The van der Waals surface area contributed by atoms with Crippen molar-refractivity contribution < 1.29 is 14.3 Å². The van der Waals surface area contributed by atoms with Gasteiger partial charge in [-0.3, -0.25) is 9.59 Å². The standard InChI is InChI=1S/C20H24N2O3/c1-14-4-11-18(12-5-14)25-15(2)20(24)22-17-9-6-16(7-10-17)8-13-19(23)21-3/h4-7,9-12,15H,8,13H2,1-3H3,(H,21,23)(H,22,24). The van der Waals surface area contributed by atoms with Gasteiger partial charge >= 0.3 is 0 Å². The lowest BCUT2D eigenvalue weighted by Gasteiger charge is -2.15. The van der Waals surface area contributed by atoms with Crippen molar-refractivity contribution in [3.8, 4) is 5.75 Å². The molecular weight excluding hydrogens is 316 g/mol. The molecule has 2 amide bonds. The Morgan fingerprint density at radius 1 is 1.04 bits per heavy atom. The Morgan fingerprint density at radius 2 is 1.68 bits per heavy atom. The van der Waals surface area contributed by atoms with Crippen LogP contribution in [0.1, 0.15) is 24.5 Å². The summed E-state index contributed by atoms with van der Waals surface area (Å²) in [5.41, 5.74) is 2.89. The zero-order chi connectivity index (χ0) is 18.2. The number of aryl methyl sites for hydroxylation is 2. The fraction of sp³-hybridized carbons (Fsp3) is 0.300. The minimum absolute atomic E-state index is 0.0134. The quantitative estimate of drug-likeness (QED) is 0.814. The van der Waals surface area contributed by atoms with Crippen LogP contribution >= 0.6 is 0 Å². The molecule has 0 radical (unpaired) electrons. The van der Waals surface area contributed by atoms with E-state index in [0.29, 0.717) is 24.3 Å². The molecule has 132 valence electrons. The summed E-state index contributed by atoms with van der Waals surface area (Å²) in [5.74, 6) is 0.468. The third-order valence-electron chi connectivity index (χ3n) is 3.84. The summed E-state index contributed by atoms with van der Waals surface area (Å²) in [6, 6.07) is 15.1. The Balaban J connectivity index is 1.86. The van der Waals surface area contributed by atoms with E-state index in [1.54, 1.807) is 14.0 Å². The highest BCUT2D eigenvalue weighted by Gasteiger charge is 2.14. The summed E-state index contributed by atoms with van der Waals surface area (Å²) < 4.78 is 5.65. The molecule has 0 spiro atoms. The van der Waals surface area contributed by atoms with Gasteiger partial charge in [-0.25, -0.2) is 0 Å². The Labute approximate surface area is 148 Å². The highest BCUT2D eigenvalue weighted by molar-refractivity contribution is 5.94. The van der Waals surface area contributed by atoms with E-state index in [9.17, 15) is 9.59 Å². The highest BCUT2D eigenvalue weighted by Crippen LogP contribution is 2.15. The molecule has 2 N–H and O–H groups in total. The van der Waals surface area contributed by atoms with Crippen molar-refractivity contribution in [1.29, 1.82) is 0 Å². The smallest absolute Gasteiger partial charge is 0.265 e. The van der Waals surface area contributed by atoms with Crippen LogP contribution in [0.2, 0.25) is 0 Å². The molecule has 2 aromatic rings. The molecule has 0 bridgehead atoms. The fourth-order valence-electron chi connectivity index (χ4n) is 2.26. The minimum atomic E-state index is -0.601. The molecular formula is C20H24N2O3. The molecule has 0 aliphatic rings. The number of carbonyl (C=O) groups is 2. The molecule has 1 atom stereocenters. The number of benzene rings is 2. The van der Waals surface area contributed by atoms with E-state index in [1.165, 1.54) is 0 Å². The molecule has 0 aliphatic carbocycles. The zero-order valence-electron chi connectivity index (χ0n) is 14.8. The van der Waals surface area contributed by atoms with Gasteiger partial charge in [-0.05, 0) is 50.1 Å². The van der Waals surface area contributed by atoms with Crippen molar-refractivity contribution in [3.63, 3.8) is 0 Å². The molecule has 0 saturated heterocycles.